The molecule has 0 fully saturated rings. The summed E-state index contributed by atoms with van der Waals surface area (Å²) < 4.78 is 11.0. The van der Waals surface area contributed by atoms with Crippen molar-refractivity contribution < 1.29 is 9.26 Å². The molecule has 7 nitrogen and oxygen atoms in total. The number of aromatic nitrogens is 2. The Morgan fingerprint density at radius 3 is 2.77 bits per heavy atom. The monoisotopic (exact) mass is 471 g/mol. The molecule has 1 unspecified atom stereocenters. The molecule has 0 saturated carbocycles. The van der Waals surface area contributed by atoms with Gasteiger partial charge in [-0.25, -0.2) is 0 Å². The molecule has 1 aromatic carbocycles. The van der Waals surface area contributed by atoms with E-state index in [-0.39, 0.29) is 35.4 Å². The van der Waals surface area contributed by atoms with E-state index >= 15 is 0 Å². The minimum Gasteiger partial charge on any atom is -0.493 e. The number of halogens is 1. The van der Waals surface area contributed by atoms with Crippen LogP contribution in [0.15, 0.2) is 33.8 Å². The van der Waals surface area contributed by atoms with Crippen LogP contribution in [0.2, 0.25) is 0 Å². The summed E-state index contributed by atoms with van der Waals surface area (Å²) in [6.45, 7) is 7.26. The summed E-state index contributed by atoms with van der Waals surface area (Å²) in [6.07, 6.45) is 0.883. The number of rotatable bonds is 3. The zero-order valence-corrected chi connectivity index (χ0v) is 17.9. The van der Waals surface area contributed by atoms with Crippen LogP contribution in [0.25, 0.3) is 0 Å². The number of fused-ring (bicyclic) bond motifs is 1. The van der Waals surface area contributed by atoms with Crippen LogP contribution in [0.5, 0.6) is 5.75 Å². The molecule has 3 rings (SSSR count). The predicted octanol–water partition coefficient (Wildman–Crippen LogP) is 3.17. The molecule has 2 heterocycles. The van der Waals surface area contributed by atoms with Gasteiger partial charge in [-0.1, -0.05) is 44.1 Å². The fourth-order valence-corrected chi connectivity index (χ4v) is 2.64. The number of nitrogens with one attached hydrogen (secondary N) is 2. The Bertz CT molecular complexity index is 754. The Balaban J connectivity index is 0.00000243. The molecule has 2 N–H and O–H groups in total. The van der Waals surface area contributed by atoms with Crippen LogP contribution in [0.4, 0.5) is 0 Å². The van der Waals surface area contributed by atoms with Crippen molar-refractivity contribution >= 4 is 29.9 Å². The number of ether oxygens (including phenoxy) is 1. The molecule has 1 aliphatic rings. The Hall–Kier alpha value is -1.84. The number of aliphatic imine (C=N–C) groups is 1. The maximum absolute atomic E-state index is 5.70. The molecule has 0 bridgehead atoms. The van der Waals surface area contributed by atoms with Crippen molar-refractivity contribution in [1.82, 2.24) is 20.8 Å². The fourth-order valence-electron chi connectivity index (χ4n) is 2.64. The molecule has 1 aromatic heterocycles. The third kappa shape index (κ3) is 4.87. The van der Waals surface area contributed by atoms with Gasteiger partial charge in [0, 0.05) is 24.4 Å². The van der Waals surface area contributed by atoms with Crippen LogP contribution in [-0.2, 0) is 12.0 Å². The van der Waals surface area contributed by atoms with E-state index in [0.717, 1.165) is 17.7 Å². The maximum Gasteiger partial charge on any atom is 0.232 e. The highest BCUT2D eigenvalue weighted by molar-refractivity contribution is 14.0. The summed E-state index contributed by atoms with van der Waals surface area (Å²) in [7, 11) is 1.75. The Labute approximate surface area is 171 Å². The highest BCUT2D eigenvalue weighted by Crippen LogP contribution is 2.31. The maximum atomic E-state index is 5.70. The molecule has 0 radical (unpaired) electrons. The summed E-state index contributed by atoms with van der Waals surface area (Å²) in [5, 5.41) is 10.7. The first-order valence-electron chi connectivity index (χ1n) is 8.49. The summed E-state index contributed by atoms with van der Waals surface area (Å²) in [5.41, 5.74) is 0.989. The molecular formula is C18H26IN5O2. The van der Waals surface area contributed by atoms with Gasteiger partial charge in [-0.05, 0) is 6.07 Å². The van der Waals surface area contributed by atoms with Gasteiger partial charge in [0.25, 0.3) is 0 Å². The Morgan fingerprint density at radius 2 is 2.08 bits per heavy atom. The van der Waals surface area contributed by atoms with Crippen LogP contribution in [0, 0.1) is 0 Å². The molecule has 2 aromatic rings. The molecule has 1 aliphatic heterocycles. The van der Waals surface area contributed by atoms with E-state index in [0.29, 0.717) is 30.8 Å². The zero-order valence-electron chi connectivity index (χ0n) is 15.6. The first-order chi connectivity index (χ1) is 12.0. The zero-order chi connectivity index (χ0) is 17.9. The minimum atomic E-state index is -0.156. The molecule has 0 aliphatic carbocycles. The first kappa shape index (κ1) is 20.5. The lowest BCUT2D eigenvalue weighted by molar-refractivity contribution is 0.261. The number of hydrogen-bond acceptors (Lipinski definition) is 5. The van der Waals surface area contributed by atoms with E-state index in [4.69, 9.17) is 9.26 Å². The van der Waals surface area contributed by atoms with E-state index in [9.17, 15) is 0 Å². The lowest BCUT2D eigenvalue weighted by Gasteiger charge is -2.27. The third-order valence-corrected chi connectivity index (χ3v) is 4.02. The van der Waals surface area contributed by atoms with Gasteiger partial charge in [0.2, 0.25) is 5.89 Å². The number of hydrogen-bond donors (Lipinski definition) is 2. The Morgan fingerprint density at radius 1 is 1.31 bits per heavy atom. The SMILES string of the molecule is CN=C(NCc1noc(C(C)(C)C)n1)NC1CCOc2ccccc21.I. The summed E-state index contributed by atoms with van der Waals surface area (Å²) >= 11 is 0. The molecule has 8 heteroatoms. The summed E-state index contributed by atoms with van der Waals surface area (Å²) in [6, 6.07) is 8.23. The normalized spacial score (nSPS) is 16.9. The minimum absolute atomic E-state index is 0. The topological polar surface area (TPSA) is 84.6 Å². The lowest BCUT2D eigenvalue weighted by atomic mass is 9.97. The highest BCUT2D eigenvalue weighted by atomic mass is 127. The van der Waals surface area contributed by atoms with Crippen LogP contribution in [0.3, 0.4) is 0 Å². The van der Waals surface area contributed by atoms with Gasteiger partial charge in [-0.3, -0.25) is 4.99 Å². The van der Waals surface area contributed by atoms with Crippen molar-refractivity contribution in [3.63, 3.8) is 0 Å². The van der Waals surface area contributed by atoms with Crippen molar-refractivity contribution in [3.05, 3.63) is 41.5 Å². The molecule has 142 valence electrons. The predicted molar refractivity (Wildman–Crippen MR) is 111 cm³/mol. The Kier molecular flexibility index (Phi) is 6.85. The number of guanidine groups is 1. The average molecular weight is 471 g/mol. The molecule has 1 atom stereocenters. The number of benzene rings is 1. The van der Waals surface area contributed by atoms with E-state index in [2.05, 4.69) is 31.8 Å². The van der Waals surface area contributed by atoms with Gasteiger partial charge in [0.05, 0.1) is 19.2 Å². The smallest absolute Gasteiger partial charge is 0.232 e. The van der Waals surface area contributed by atoms with Crippen molar-refractivity contribution in [2.75, 3.05) is 13.7 Å². The summed E-state index contributed by atoms with van der Waals surface area (Å²) in [4.78, 5) is 8.72. The van der Waals surface area contributed by atoms with Gasteiger partial charge in [-0.15, -0.1) is 24.0 Å². The molecule has 0 saturated heterocycles. The highest BCUT2D eigenvalue weighted by Gasteiger charge is 2.23. The van der Waals surface area contributed by atoms with E-state index < -0.39 is 0 Å². The lowest BCUT2D eigenvalue weighted by Crippen LogP contribution is -2.40. The van der Waals surface area contributed by atoms with Gasteiger partial charge in [0.1, 0.15) is 5.75 Å². The molecule has 0 spiro atoms. The molecule has 26 heavy (non-hydrogen) atoms. The second-order valence-electron chi connectivity index (χ2n) is 7.06. The van der Waals surface area contributed by atoms with Gasteiger partial charge in [-0.2, -0.15) is 4.98 Å². The second-order valence-corrected chi connectivity index (χ2v) is 7.06. The largest absolute Gasteiger partial charge is 0.493 e. The van der Waals surface area contributed by atoms with Gasteiger partial charge >= 0.3 is 0 Å². The summed E-state index contributed by atoms with van der Waals surface area (Å²) in [5.74, 6) is 2.87. The standard InChI is InChI=1S/C18H25N5O2.HI/c1-18(2,3)16-22-15(23-25-16)11-20-17(19-4)21-13-9-10-24-14-8-6-5-7-12(13)14;/h5-8,13H,9-11H2,1-4H3,(H2,19,20,21);1H. The fraction of sp³-hybridized carbons (Fsp3) is 0.500. The first-order valence-corrected chi connectivity index (χ1v) is 8.49. The van der Waals surface area contributed by atoms with Crippen LogP contribution < -0.4 is 15.4 Å². The number of nitrogens with zero attached hydrogens (tertiary/aromatic N) is 3. The van der Waals surface area contributed by atoms with Crippen LogP contribution >= 0.6 is 24.0 Å². The van der Waals surface area contributed by atoms with Crippen molar-refractivity contribution in [1.29, 1.82) is 0 Å². The van der Waals surface area contributed by atoms with E-state index in [1.807, 2.05) is 39.0 Å². The van der Waals surface area contributed by atoms with Crippen molar-refractivity contribution in [2.45, 2.75) is 45.2 Å². The van der Waals surface area contributed by atoms with Crippen LogP contribution in [0.1, 0.15) is 50.5 Å². The quantitative estimate of drug-likeness (QED) is 0.407. The van der Waals surface area contributed by atoms with Crippen molar-refractivity contribution in [2.24, 2.45) is 4.99 Å². The molecular weight excluding hydrogens is 445 g/mol. The van der Waals surface area contributed by atoms with Crippen LogP contribution in [-0.4, -0.2) is 29.8 Å². The third-order valence-electron chi connectivity index (χ3n) is 4.02. The van der Waals surface area contributed by atoms with E-state index in [1.165, 1.54) is 0 Å². The molecule has 0 amide bonds. The van der Waals surface area contributed by atoms with Gasteiger partial charge in [0.15, 0.2) is 11.8 Å². The average Bonchev–Trinajstić information content (AvgIpc) is 3.08. The second kappa shape index (κ2) is 8.70. The number of para-hydroxylation sites is 1. The van der Waals surface area contributed by atoms with E-state index in [1.54, 1.807) is 7.05 Å². The van der Waals surface area contributed by atoms with Crippen molar-refractivity contribution in [3.8, 4) is 5.75 Å². The van der Waals surface area contributed by atoms with Gasteiger partial charge < -0.3 is 19.9 Å².